The maximum atomic E-state index is 11.6. The minimum absolute atomic E-state index is 0.0153. The zero-order chi connectivity index (χ0) is 13.5. The van der Waals surface area contributed by atoms with E-state index in [0.29, 0.717) is 5.69 Å². The molecule has 0 atom stereocenters. The quantitative estimate of drug-likeness (QED) is 0.616. The van der Waals surface area contributed by atoms with E-state index >= 15 is 0 Å². The van der Waals surface area contributed by atoms with Crippen LogP contribution < -0.4 is 11.1 Å². The van der Waals surface area contributed by atoms with Crippen molar-refractivity contribution in [3.63, 3.8) is 0 Å². The fraction of sp³-hybridized carbons (Fsp3) is 0.154. The number of hydrogen-bond acceptors (Lipinski definition) is 4. The Morgan fingerprint density at radius 3 is 2.44 bits per heavy atom. The molecule has 5 heteroatoms. The van der Waals surface area contributed by atoms with Gasteiger partial charge in [-0.2, -0.15) is 5.26 Å². The molecule has 0 saturated carbocycles. The Morgan fingerprint density at radius 2 is 1.94 bits per heavy atom. The van der Waals surface area contributed by atoms with Crippen LogP contribution in [0.2, 0.25) is 0 Å². The molecule has 0 spiro atoms. The van der Waals surface area contributed by atoms with Crippen LogP contribution in [-0.2, 0) is 9.59 Å². The summed E-state index contributed by atoms with van der Waals surface area (Å²) in [6, 6.07) is 10.5. The second-order valence-corrected chi connectivity index (χ2v) is 3.66. The zero-order valence-corrected chi connectivity index (χ0v) is 9.93. The third-order valence-corrected chi connectivity index (χ3v) is 2.19. The molecule has 1 aromatic rings. The number of Topliss-reactive ketones (excluding diaryl/α,β-unsaturated/α-hetero) is 1. The van der Waals surface area contributed by atoms with E-state index in [4.69, 9.17) is 11.0 Å². The Balaban J connectivity index is 2.72. The molecular weight excluding hydrogens is 230 g/mol. The molecule has 1 aromatic carbocycles. The smallest absolute Gasteiger partial charge is 0.230 e. The number of benzene rings is 1. The van der Waals surface area contributed by atoms with Crippen molar-refractivity contribution in [2.45, 2.75) is 13.3 Å². The number of nitrogens with zero attached hydrogens (tertiary/aromatic N) is 1. The van der Waals surface area contributed by atoms with Crippen LogP contribution in [0.1, 0.15) is 13.3 Å². The standard InChI is InChI=1S/C13H13N3O2/c1-9(17)11(8-14)12(15)7-13(18)16-10-5-3-2-4-6-10/h2-6H,7,15H2,1H3,(H,16,18)/b12-11-. The molecule has 0 bridgehead atoms. The topological polar surface area (TPSA) is 96.0 Å². The monoisotopic (exact) mass is 243 g/mol. The van der Waals surface area contributed by atoms with E-state index < -0.39 is 5.78 Å². The molecule has 0 aliphatic rings. The molecule has 0 radical (unpaired) electrons. The Hall–Kier alpha value is -2.61. The molecule has 0 aromatic heterocycles. The summed E-state index contributed by atoms with van der Waals surface area (Å²) in [5.74, 6) is -0.810. The van der Waals surface area contributed by atoms with Crippen LogP contribution in [0.15, 0.2) is 41.6 Å². The van der Waals surface area contributed by atoms with Gasteiger partial charge in [-0.1, -0.05) is 18.2 Å². The van der Waals surface area contributed by atoms with E-state index in [2.05, 4.69) is 5.32 Å². The molecule has 5 nitrogen and oxygen atoms in total. The van der Waals surface area contributed by atoms with Crippen LogP contribution in [-0.4, -0.2) is 11.7 Å². The van der Waals surface area contributed by atoms with Gasteiger partial charge in [0.2, 0.25) is 5.91 Å². The average molecular weight is 243 g/mol. The minimum atomic E-state index is -0.442. The van der Waals surface area contributed by atoms with Crippen LogP contribution in [0, 0.1) is 11.3 Å². The molecule has 0 saturated heterocycles. The third kappa shape index (κ3) is 3.76. The molecule has 18 heavy (non-hydrogen) atoms. The van der Waals surface area contributed by atoms with Crippen molar-refractivity contribution in [1.82, 2.24) is 0 Å². The lowest BCUT2D eigenvalue weighted by atomic mass is 10.1. The summed E-state index contributed by atoms with van der Waals surface area (Å²) in [6.07, 6.45) is -0.183. The summed E-state index contributed by atoms with van der Waals surface area (Å²) < 4.78 is 0. The highest BCUT2D eigenvalue weighted by Gasteiger charge is 2.12. The van der Waals surface area contributed by atoms with E-state index in [1.807, 2.05) is 6.07 Å². The predicted molar refractivity (Wildman–Crippen MR) is 67.2 cm³/mol. The lowest BCUT2D eigenvalue weighted by molar-refractivity contribution is -0.115. The third-order valence-electron chi connectivity index (χ3n) is 2.19. The first kappa shape index (κ1) is 13.5. The zero-order valence-electron chi connectivity index (χ0n) is 9.93. The van der Waals surface area contributed by atoms with Crippen LogP contribution in [0.25, 0.3) is 0 Å². The Bertz CT molecular complexity index is 527. The molecule has 3 N–H and O–H groups in total. The molecule has 92 valence electrons. The summed E-state index contributed by atoms with van der Waals surface area (Å²) in [4.78, 5) is 22.7. The molecule has 0 heterocycles. The predicted octanol–water partition coefficient (Wildman–Crippen LogP) is 1.34. The highest BCUT2D eigenvalue weighted by molar-refractivity contribution is 6.00. The van der Waals surface area contributed by atoms with E-state index in [-0.39, 0.29) is 23.6 Å². The summed E-state index contributed by atoms with van der Waals surface area (Å²) in [6.45, 7) is 1.24. The van der Waals surface area contributed by atoms with Gasteiger partial charge >= 0.3 is 0 Å². The summed E-state index contributed by atoms with van der Waals surface area (Å²) in [5, 5.41) is 11.3. The second-order valence-electron chi connectivity index (χ2n) is 3.66. The first-order chi connectivity index (χ1) is 8.54. The van der Waals surface area contributed by atoms with Crippen molar-refractivity contribution >= 4 is 17.4 Å². The Morgan fingerprint density at radius 1 is 1.33 bits per heavy atom. The maximum absolute atomic E-state index is 11.6. The van der Waals surface area contributed by atoms with Gasteiger partial charge in [-0.15, -0.1) is 0 Å². The lowest BCUT2D eigenvalue weighted by Gasteiger charge is -2.05. The number of rotatable bonds is 4. The van der Waals surface area contributed by atoms with Gasteiger partial charge in [0.1, 0.15) is 11.6 Å². The SMILES string of the molecule is CC(=O)/C(C#N)=C(\N)CC(=O)Nc1ccccc1. The van der Waals surface area contributed by atoms with Crippen LogP contribution in [0.3, 0.4) is 0 Å². The number of para-hydroxylation sites is 1. The van der Waals surface area contributed by atoms with Crippen molar-refractivity contribution in [1.29, 1.82) is 5.26 Å². The molecule has 0 aliphatic heterocycles. The van der Waals surface area contributed by atoms with Gasteiger partial charge in [-0.05, 0) is 19.1 Å². The number of carbonyl (C=O) groups is 2. The number of amides is 1. The molecule has 1 rings (SSSR count). The van der Waals surface area contributed by atoms with Crippen molar-refractivity contribution in [2.75, 3.05) is 5.32 Å². The van der Waals surface area contributed by atoms with Gasteiger partial charge in [0, 0.05) is 11.4 Å². The maximum Gasteiger partial charge on any atom is 0.230 e. The number of hydrogen-bond donors (Lipinski definition) is 2. The fourth-order valence-corrected chi connectivity index (χ4v) is 1.36. The largest absolute Gasteiger partial charge is 0.400 e. The molecule has 0 aliphatic carbocycles. The first-order valence-electron chi connectivity index (χ1n) is 5.29. The highest BCUT2D eigenvalue weighted by atomic mass is 16.1. The van der Waals surface area contributed by atoms with Crippen molar-refractivity contribution in [3.8, 4) is 6.07 Å². The molecule has 1 amide bonds. The number of nitriles is 1. The van der Waals surface area contributed by atoms with Gasteiger partial charge in [-0.25, -0.2) is 0 Å². The number of nitrogens with one attached hydrogen (secondary N) is 1. The number of carbonyl (C=O) groups excluding carboxylic acids is 2. The van der Waals surface area contributed by atoms with Gasteiger partial charge in [0.25, 0.3) is 0 Å². The normalized spacial score (nSPS) is 11.1. The van der Waals surface area contributed by atoms with Gasteiger partial charge in [-0.3, -0.25) is 9.59 Å². The van der Waals surface area contributed by atoms with Gasteiger partial charge < -0.3 is 11.1 Å². The fourth-order valence-electron chi connectivity index (χ4n) is 1.36. The summed E-state index contributed by atoms with van der Waals surface area (Å²) >= 11 is 0. The summed E-state index contributed by atoms with van der Waals surface area (Å²) in [5.41, 5.74) is 6.01. The minimum Gasteiger partial charge on any atom is -0.400 e. The molecule has 0 unspecified atom stereocenters. The van der Waals surface area contributed by atoms with E-state index in [1.165, 1.54) is 6.92 Å². The second kappa shape index (κ2) is 6.21. The van der Waals surface area contributed by atoms with E-state index in [1.54, 1.807) is 30.3 Å². The lowest BCUT2D eigenvalue weighted by Crippen LogP contribution is -2.17. The first-order valence-corrected chi connectivity index (χ1v) is 5.29. The van der Waals surface area contributed by atoms with Gasteiger partial charge in [0.05, 0.1) is 6.42 Å². The Kier molecular flexibility index (Phi) is 4.64. The summed E-state index contributed by atoms with van der Waals surface area (Å²) in [7, 11) is 0. The number of allylic oxidation sites excluding steroid dienone is 1. The number of anilines is 1. The molecular formula is C13H13N3O2. The molecule has 0 fully saturated rings. The van der Waals surface area contributed by atoms with Crippen LogP contribution in [0.4, 0.5) is 5.69 Å². The van der Waals surface area contributed by atoms with Crippen LogP contribution in [0.5, 0.6) is 0 Å². The average Bonchev–Trinajstić information content (AvgIpc) is 2.30. The van der Waals surface area contributed by atoms with E-state index in [9.17, 15) is 9.59 Å². The van der Waals surface area contributed by atoms with Crippen molar-refractivity contribution in [3.05, 3.63) is 41.6 Å². The van der Waals surface area contributed by atoms with Gasteiger partial charge in [0.15, 0.2) is 5.78 Å². The number of ketones is 1. The van der Waals surface area contributed by atoms with Crippen molar-refractivity contribution < 1.29 is 9.59 Å². The Labute approximate surface area is 105 Å². The van der Waals surface area contributed by atoms with E-state index in [0.717, 1.165) is 0 Å². The number of nitrogens with two attached hydrogens (primary N) is 1. The van der Waals surface area contributed by atoms with Crippen molar-refractivity contribution in [2.24, 2.45) is 5.73 Å². The van der Waals surface area contributed by atoms with Crippen LogP contribution >= 0.6 is 0 Å². The highest BCUT2D eigenvalue weighted by Crippen LogP contribution is 2.08.